The van der Waals surface area contributed by atoms with E-state index < -0.39 is 10.0 Å². The summed E-state index contributed by atoms with van der Waals surface area (Å²) in [4.78, 5) is 19.5. The van der Waals surface area contributed by atoms with Crippen molar-refractivity contribution in [2.45, 2.75) is 30.9 Å². The molecular weight excluding hydrogens is 464 g/mol. The van der Waals surface area contributed by atoms with E-state index in [-0.39, 0.29) is 10.8 Å². The molecule has 1 fully saturated rings. The third kappa shape index (κ3) is 5.98. The van der Waals surface area contributed by atoms with E-state index in [1.807, 2.05) is 36.4 Å². The van der Waals surface area contributed by atoms with Gasteiger partial charge in [-0.15, -0.1) is 0 Å². The molecule has 35 heavy (non-hydrogen) atoms. The molecule has 0 saturated carbocycles. The van der Waals surface area contributed by atoms with Gasteiger partial charge in [0.05, 0.1) is 10.5 Å². The summed E-state index contributed by atoms with van der Waals surface area (Å²) in [6, 6.07) is 16.1. The Morgan fingerprint density at radius 2 is 1.80 bits per heavy atom. The van der Waals surface area contributed by atoms with Crippen molar-refractivity contribution in [3.8, 4) is 5.75 Å². The number of hydrogen-bond donors (Lipinski definition) is 1. The zero-order valence-electron chi connectivity index (χ0n) is 20.0. The molecule has 0 radical (unpaired) electrons. The number of aromatic nitrogens is 1. The molecule has 4 rings (SSSR count). The fourth-order valence-electron chi connectivity index (χ4n) is 3.93. The number of amides is 1. The van der Waals surface area contributed by atoms with Crippen molar-refractivity contribution in [1.29, 1.82) is 0 Å². The van der Waals surface area contributed by atoms with E-state index >= 15 is 0 Å². The predicted molar refractivity (Wildman–Crippen MR) is 135 cm³/mol. The normalized spacial score (nSPS) is 13.7. The van der Waals surface area contributed by atoms with Crippen molar-refractivity contribution >= 4 is 21.6 Å². The lowest BCUT2D eigenvalue weighted by molar-refractivity contribution is 0.0951. The van der Waals surface area contributed by atoms with Gasteiger partial charge in [-0.25, -0.2) is 12.7 Å². The molecule has 1 amide bonds. The highest BCUT2D eigenvalue weighted by atomic mass is 32.2. The fourth-order valence-corrected chi connectivity index (χ4v) is 4.86. The van der Waals surface area contributed by atoms with Gasteiger partial charge in [-0.05, 0) is 54.8 Å². The molecule has 3 aromatic rings. The lowest BCUT2D eigenvalue weighted by atomic mass is 10.1. The molecule has 8 nitrogen and oxygen atoms in total. The van der Waals surface area contributed by atoms with Crippen LogP contribution >= 0.6 is 0 Å². The number of carbonyl (C=O) groups is 1. The Hall–Kier alpha value is -3.43. The molecule has 9 heteroatoms. The minimum absolute atomic E-state index is 0.103. The number of rotatable bonds is 9. The van der Waals surface area contributed by atoms with Gasteiger partial charge in [0.2, 0.25) is 10.0 Å². The number of carbonyl (C=O) groups excluding carboxylic acids is 1. The maximum absolute atomic E-state index is 13.2. The molecule has 1 aromatic heterocycles. The second kappa shape index (κ2) is 10.9. The minimum atomic E-state index is -3.65. The van der Waals surface area contributed by atoms with E-state index in [2.05, 4.69) is 15.2 Å². The van der Waals surface area contributed by atoms with Crippen LogP contribution in [0.3, 0.4) is 0 Å². The number of ether oxygens (including phenoxy) is 1. The van der Waals surface area contributed by atoms with Crippen molar-refractivity contribution in [2.24, 2.45) is 0 Å². The first kappa shape index (κ1) is 24.7. The van der Waals surface area contributed by atoms with Gasteiger partial charge in [0.25, 0.3) is 5.91 Å². The molecular formula is C26H30N4O4S. The summed E-state index contributed by atoms with van der Waals surface area (Å²) < 4.78 is 32.3. The number of nitrogens with one attached hydrogen (secondary N) is 1. The Morgan fingerprint density at radius 3 is 2.46 bits per heavy atom. The van der Waals surface area contributed by atoms with E-state index in [0.29, 0.717) is 18.7 Å². The largest absolute Gasteiger partial charge is 0.489 e. The van der Waals surface area contributed by atoms with E-state index in [1.54, 1.807) is 24.5 Å². The molecule has 1 N–H and O–H groups in total. The summed E-state index contributed by atoms with van der Waals surface area (Å²) in [6.45, 7) is 2.43. The van der Waals surface area contributed by atoms with Crippen molar-refractivity contribution in [3.63, 3.8) is 0 Å². The van der Waals surface area contributed by atoms with Crippen LogP contribution in [0.15, 0.2) is 71.9 Å². The second-order valence-corrected chi connectivity index (χ2v) is 10.8. The van der Waals surface area contributed by atoms with Crippen LogP contribution < -0.4 is 15.0 Å². The molecule has 0 atom stereocenters. The monoisotopic (exact) mass is 494 g/mol. The minimum Gasteiger partial charge on any atom is -0.489 e. The van der Waals surface area contributed by atoms with Crippen molar-refractivity contribution in [1.82, 2.24) is 14.6 Å². The molecule has 0 aliphatic carbocycles. The van der Waals surface area contributed by atoms with Gasteiger partial charge in [0.1, 0.15) is 12.4 Å². The van der Waals surface area contributed by atoms with Crippen LogP contribution in [0, 0.1) is 0 Å². The van der Waals surface area contributed by atoms with Gasteiger partial charge in [-0.2, -0.15) is 0 Å². The molecule has 2 aromatic carbocycles. The van der Waals surface area contributed by atoms with Crippen LogP contribution in [0.2, 0.25) is 0 Å². The van der Waals surface area contributed by atoms with Crippen LogP contribution in [-0.2, 0) is 23.2 Å². The number of sulfonamides is 1. The van der Waals surface area contributed by atoms with Crippen LogP contribution in [0.1, 0.15) is 34.3 Å². The summed E-state index contributed by atoms with van der Waals surface area (Å²) in [7, 11) is -0.694. The van der Waals surface area contributed by atoms with E-state index in [1.165, 1.54) is 20.2 Å². The number of benzene rings is 2. The van der Waals surface area contributed by atoms with E-state index in [0.717, 1.165) is 52.8 Å². The average Bonchev–Trinajstić information content (AvgIpc) is 3.42. The summed E-state index contributed by atoms with van der Waals surface area (Å²) in [5.41, 5.74) is 3.02. The first-order valence-corrected chi connectivity index (χ1v) is 13.0. The number of nitrogens with zero attached hydrogens (tertiary/aromatic N) is 3. The lowest BCUT2D eigenvalue weighted by Gasteiger charge is -2.22. The van der Waals surface area contributed by atoms with Crippen LogP contribution in [0.4, 0.5) is 5.69 Å². The first-order chi connectivity index (χ1) is 16.8. The number of anilines is 1. The third-order valence-electron chi connectivity index (χ3n) is 5.94. The molecule has 0 unspecified atom stereocenters. The third-order valence-corrected chi connectivity index (χ3v) is 7.75. The molecule has 1 aliphatic rings. The molecule has 184 valence electrons. The Kier molecular flexibility index (Phi) is 7.67. The Balaban J connectivity index is 1.45. The van der Waals surface area contributed by atoms with Crippen molar-refractivity contribution < 1.29 is 17.9 Å². The maximum atomic E-state index is 13.2. The highest BCUT2D eigenvalue weighted by molar-refractivity contribution is 7.89. The molecule has 0 spiro atoms. The second-order valence-electron chi connectivity index (χ2n) is 8.64. The van der Waals surface area contributed by atoms with Gasteiger partial charge in [-0.3, -0.25) is 9.78 Å². The molecule has 1 saturated heterocycles. The zero-order valence-corrected chi connectivity index (χ0v) is 20.8. The van der Waals surface area contributed by atoms with E-state index in [4.69, 9.17) is 4.74 Å². The average molecular weight is 495 g/mol. The predicted octanol–water partition coefficient (Wildman–Crippen LogP) is 3.44. The topological polar surface area (TPSA) is 91.8 Å². The highest BCUT2D eigenvalue weighted by Crippen LogP contribution is 2.28. The number of hydrogen-bond acceptors (Lipinski definition) is 6. The molecule has 0 bridgehead atoms. The summed E-state index contributed by atoms with van der Waals surface area (Å²) in [6.07, 6.45) is 5.58. The standard InChI is InChI=1S/C26H30N4O4S/c1-29(2)35(32,33)23-11-12-25(30-14-3-4-15-30)24(16-23)26(31)28-18-20-7-9-22(10-8-20)34-19-21-6-5-13-27-17-21/h5-13,16-17H,3-4,14-15,18-19H2,1-2H3,(H,28,31). The lowest BCUT2D eigenvalue weighted by Crippen LogP contribution is -2.28. The van der Waals surface area contributed by atoms with Gasteiger partial charge in [0, 0.05) is 57.4 Å². The summed E-state index contributed by atoms with van der Waals surface area (Å²) >= 11 is 0. The highest BCUT2D eigenvalue weighted by Gasteiger charge is 2.24. The Bertz CT molecular complexity index is 1260. The van der Waals surface area contributed by atoms with Gasteiger partial charge in [0.15, 0.2) is 0 Å². The SMILES string of the molecule is CN(C)S(=O)(=O)c1ccc(N2CCCC2)c(C(=O)NCc2ccc(OCc3cccnc3)cc2)c1. The Morgan fingerprint density at radius 1 is 1.06 bits per heavy atom. The van der Waals surface area contributed by atoms with Crippen LogP contribution in [-0.4, -0.2) is 50.8 Å². The maximum Gasteiger partial charge on any atom is 0.253 e. The summed E-state index contributed by atoms with van der Waals surface area (Å²) in [5, 5.41) is 2.94. The number of pyridine rings is 1. The molecule has 1 aliphatic heterocycles. The van der Waals surface area contributed by atoms with Gasteiger partial charge in [-0.1, -0.05) is 18.2 Å². The van der Waals surface area contributed by atoms with Crippen molar-refractivity contribution in [3.05, 3.63) is 83.7 Å². The quantitative estimate of drug-likeness (QED) is 0.490. The fraction of sp³-hybridized carbons (Fsp3) is 0.308. The molecule has 2 heterocycles. The van der Waals surface area contributed by atoms with Gasteiger partial charge < -0.3 is 15.0 Å². The smallest absolute Gasteiger partial charge is 0.253 e. The van der Waals surface area contributed by atoms with Crippen LogP contribution in [0.5, 0.6) is 5.75 Å². The van der Waals surface area contributed by atoms with E-state index in [9.17, 15) is 13.2 Å². The summed E-state index contributed by atoms with van der Waals surface area (Å²) in [5.74, 6) is 0.418. The van der Waals surface area contributed by atoms with Crippen molar-refractivity contribution in [2.75, 3.05) is 32.1 Å². The first-order valence-electron chi connectivity index (χ1n) is 11.5. The zero-order chi connectivity index (χ0) is 24.8. The van der Waals surface area contributed by atoms with Crippen LogP contribution in [0.25, 0.3) is 0 Å². The van der Waals surface area contributed by atoms with Gasteiger partial charge >= 0.3 is 0 Å². The Labute approximate surface area is 206 Å².